The van der Waals surface area contributed by atoms with Crippen LogP contribution in [0.4, 0.5) is 0 Å². The molecule has 0 aromatic rings. The Morgan fingerprint density at radius 3 is 1.52 bits per heavy atom. The highest BCUT2D eigenvalue weighted by Gasteiger charge is 2.47. The monoisotopic (exact) mass is 1330 g/mol. The van der Waals surface area contributed by atoms with Gasteiger partial charge >= 0.3 is 0 Å². The summed E-state index contributed by atoms with van der Waals surface area (Å²) in [6.07, 6.45) is 0.0943. The van der Waals surface area contributed by atoms with Gasteiger partial charge in [0.25, 0.3) is 0 Å². The molecule has 94 heavy (non-hydrogen) atoms. The largest absolute Gasteiger partial charge is 0.390 e. The van der Waals surface area contributed by atoms with Gasteiger partial charge in [0.05, 0.1) is 37.5 Å². The van der Waals surface area contributed by atoms with Crippen LogP contribution < -0.4 is 5.32 Å². The molecule has 0 bridgehead atoms. The smallest absolute Gasteiger partial charge is 0.246 e. The second-order valence-corrected chi connectivity index (χ2v) is 29.8. The average Bonchev–Trinajstić information content (AvgIpc) is 0.818. The van der Waals surface area contributed by atoms with Crippen LogP contribution in [0.1, 0.15) is 182 Å². The van der Waals surface area contributed by atoms with Crippen molar-refractivity contribution < 1.29 is 67.3 Å². The third-order valence-corrected chi connectivity index (χ3v) is 19.7. The number of nitrogens with zero attached hydrogens (tertiary/aromatic N) is 8. The van der Waals surface area contributed by atoms with Gasteiger partial charge in [-0.1, -0.05) is 124 Å². The van der Waals surface area contributed by atoms with E-state index in [-0.39, 0.29) is 80.4 Å². The highest BCUT2D eigenvalue weighted by molar-refractivity contribution is 6.00. The lowest BCUT2D eigenvalue weighted by molar-refractivity contribution is -0.157. The molecular weight excluding hydrogens is 1200 g/mol. The number of ketones is 3. The molecule has 0 radical (unpaired) electrons. The number of rotatable bonds is 19. The van der Waals surface area contributed by atoms with Gasteiger partial charge in [-0.15, -0.1) is 0 Å². The summed E-state index contributed by atoms with van der Waals surface area (Å²) in [6, 6.07) is -9.67. The van der Waals surface area contributed by atoms with Crippen molar-refractivity contribution in [1.82, 2.24) is 44.5 Å². The van der Waals surface area contributed by atoms with Crippen molar-refractivity contribution in [2.75, 3.05) is 89.3 Å². The lowest BCUT2D eigenvalue weighted by atomic mass is 9.83. The Hall–Kier alpha value is -5.39. The molecule has 540 valence electrons. The van der Waals surface area contributed by atoms with Crippen LogP contribution in [0.3, 0.4) is 0 Å². The molecule has 8 amide bonds. The van der Waals surface area contributed by atoms with E-state index in [1.54, 1.807) is 48.7 Å². The van der Waals surface area contributed by atoms with Crippen molar-refractivity contribution in [3.05, 3.63) is 0 Å². The van der Waals surface area contributed by atoms with Crippen molar-refractivity contribution in [3.8, 4) is 0 Å². The summed E-state index contributed by atoms with van der Waals surface area (Å²) in [6.45, 7) is 32.7. The topological polar surface area (TPSA) is 264 Å². The maximum atomic E-state index is 15.4. The first kappa shape index (κ1) is 84.7. The maximum absolute atomic E-state index is 15.4. The predicted molar refractivity (Wildman–Crippen MR) is 364 cm³/mol. The maximum Gasteiger partial charge on any atom is 0.246 e. The van der Waals surface area contributed by atoms with Crippen molar-refractivity contribution in [1.29, 1.82) is 0 Å². The van der Waals surface area contributed by atoms with Crippen LogP contribution in [-0.4, -0.2) is 259 Å². The van der Waals surface area contributed by atoms with Crippen LogP contribution >= 0.6 is 0 Å². The molecule has 0 aromatic carbocycles. The standard InChI is InChI=1S/C71H127N9O14/c1-26-28-29-46(13)63(84)62-64(85)72-53(27-2)68(89)73(18)50(17)66(87)78(23)61(49(16)38-80-30-31-94-51(39-80)40-93-25)59(83)37-52(44(9)10)67(88)74(19)54(32-41(3)4)58(82)35-47(14)57(81)36-48(15)65(86)75(20)55(33-42(5)6)69(90)76(21)56(34-43(7)8)70(91)77(22)60(45(11)12)71(92)79(62)24/h41-56,60-63,84H,26-40H2,1-25H3,(H,72,85)/t46-,47-,48+,49+,50-,51+,52+,53+,54+,55+,56+,60+,61?,62+,63-/m1/s1. The van der Waals surface area contributed by atoms with Gasteiger partial charge in [-0.3, -0.25) is 57.6 Å². The lowest BCUT2D eigenvalue weighted by Gasteiger charge is -2.42. The summed E-state index contributed by atoms with van der Waals surface area (Å²) >= 11 is 0. The van der Waals surface area contributed by atoms with Gasteiger partial charge in [0.2, 0.25) is 47.3 Å². The summed E-state index contributed by atoms with van der Waals surface area (Å²) in [5.74, 6) is -11.2. The van der Waals surface area contributed by atoms with E-state index in [0.717, 1.165) is 11.3 Å². The SMILES string of the molecule is CCCC[C@@H](C)[C@@H](O)[C@H]1C(=O)N[C@@H](CC)C(=O)N(C)[C@H](C)C(=O)N(C)C([C@@H](C)CN2CCO[C@H](COC)C2)C(=O)C[C@@H](C(C)C)C(=O)N(C)[C@@H](CC(C)C)C(=O)C[C@@H](C)C(=O)C[C@H](C)C(=O)N(C)[C@@H](CC(C)C)C(=O)N(C)[C@@H](CC(C)C)C(=O)N(C)[C@@H](C(C)C)C(=O)N1C. The van der Waals surface area contributed by atoms with Crippen molar-refractivity contribution in [3.63, 3.8) is 0 Å². The van der Waals surface area contributed by atoms with E-state index in [9.17, 15) is 24.3 Å². The Morgan fingerprint density at radius 2 is 1.02 bits per heavy atom. The molecule has 23 heteroatoms. The molecule has 2 fully saturated rings. The molecule has 0 saturated carbocycles. The molecule has 2 aliphatic rings. The number of nitrogens with one attached hydrogen (secondary N) is 1. The van der Waals surface area contributed by atoms with Crippen LogP contribution in [0.25, 0.3) is 0 Å². The number of methoxy groups -OCH3 is 1. The minimum Gasteiger partial charge on any atom is -0.390 e. The molecule has 2 aliphatic heterocycles. The summed E-state index contributed by atoms with van der Waals surface area (Å²) in [5.41, 5.74) is 0. The lowest BCUT2D eigenvalue weighted by Crippen LogP contribution is -2.63. The zero-order valence-corrected chi connectivity index (χ0v) is 62.5. The Kier molecular flexibility index (Phi) is 35.3. The molecule has 2 rings (SSSR count). The van der Waals surface area contributed by atoms with Crippen LogP contribution in [0, 0.1) is 59.2 Å². The minimum atomic E-state index is -1.59. The Morgan fingerprint density at radius 1 is 0.532 bits per heavy atom. The molecule has 2 heterocycles. The predicted octanol–water partition coefficient (Wildman–Crippen LogP) is 6.09. The molecular formula is C71H127N9O14. The van der Waals surface area contributed by atoms with E-state index in [2.05, 4.69) is 10.2 Å². The molecule has 0 aliphatic carbocycles. The Bertz CT molecular complexity index is 2530. The van der Waals surface area contributed by atoms with Gasteiger partial charge in [-0.2, -0.15) is 0 Å². The molecule has 0 aromatic heterocycles. The van der Waals surface area contributed by atoms with Gasteiger partial charge in [0.15, 0.2) is 11.6 Å². The molecule has 15 atom stereocenters. The highest BCUT2D eigenvalue weighted by Crippen LogP contribution is 2.30. The number of aliphatic hydroxyl groups is 1. The van der Waals surface area contributed by atoms with Crippen molar-refractivity contribution >= 4 is 64.6 Å². The first-order chi connectivity index (χ1) is 43.6. The Labute approximate surface area is 565 Å². The third-order valence-electron chi connectivity index (χ3n) is 19.7. The Balaban J connectivity index is 3.06. The average molecular weight is 1330 g/mol. The fourth-order valence-corrected chi connectivity index (χ4v) is 13.6. The summed E-state index contributed by atoms with van der Waals surface area (Å²) < 4.78 is 11.4. The van der Waals surface area contributed by atoms with E-state index in [1.165, 1.54) is 85.7 Å². The quantitative estimate of drug-likeness (QED) is 0.148. The van der Waals surface area contributed by atoms with E-state index >= 15 is 33.6 Å². The number of likely N-dealkylation sites (N-methyl/N-ethyl adjacent to an activating group) is 7. The van der Waals surface area contributed by atoms with E-state index in [4.69, 9.17) is 9.47 Å². The van der Waals surface area contributed by atoms with Crippen molar-refractivity contribution in [2.45, 2.75) is 242 Å². The first-order valence-electron chi connectivity index (χ1n) is 34.9. The van der Waals surface area contributed by atoms with Crippen LogP contribution in [0.5, 0.6) is 0 Å². The fraction of sp³-hybridized carbons (Fsp3) is 0.845. The summed E-state index contributed by atoms with van der Waals surface area (Å²) in [5, 5.41) is 15.1. The van der Waals surface area contributed by atoms with Gasteiger partial charge < -0.3 is 54.2 Å². The van der Waals surface area contributed by atoms with Gasteiger partial charge in [0.1, 0.15) is 42.0 Å². The number of aliphatic hydroxyl groups excluding tert-OH is 1. The zero-order valence-electron chi connectivity index (χ0n) is 62.5. The van der Waals surface area contributed by atoms with Crippen LogP contribution in [0.2, 0.25) is 0 Å². The molecule has 0 spiro atoms. The van der Waals surface area contributed by atoms with Gasteiger partial charge in [-0.25, -0.2) is 0 Å². The number of ether oxygens (including phenoxy) is 2. The number of morpholine rings is 1. The number of carbonyl (C=O) groups excluding carboxylic acids is 11. The number of hydrogen-bond acceptors (Lipinski definition) is 15. The van der Waals surface area contributed by atoms with Crippen LogP contribution in [0.15, 0.2) is 0 Å². The van der Waals surface area contributed by atoms with Crippen molar-refractivity contribution in [2.24, 2.45) is 59.2 Å². The molecule has 2 saturated heterocycles. The van der Waals surface area contributed by atoms with E-state index < -0.39 is 149 Å². The number of carbonyl (C=O) groups is 11. The first-order valence-corrected chi connectivity index (χ1v) is 34.9. The number of unbranched alkanes of at least 4 members (excludes halogenated alkanes) is 1. The number of amides is 8. The number of hydrogen-bond donors (Lipinski definition) is 2. The summed E-state index contributed by atoms with van der Waals surface area (Å²) in [4.78, 5) is 176. The molecule has 23 nitrogen and oxygen atoms in total. The highest BCUT2D eigenvalue weighted by atomic mass is 16.5. The third kappa shape index (κ3) is 23.1. The summed E-state index contributed by atoms with van der Waals surface area (Å²) in [7, 11) is 11.9. The van der Waals surface area contributed by atoms with Crippen LogP contribution in [-0.2, 0) is 62.2 Å². The minimum absolute atomic E-state index is 0.0233. The molecule has 2 N–H and O–H groups in total. The van der Waals surface area contributed by atoms with E-state index in [1.807, 2.05) is 69.2 Å². The molecule has 1 unspecified atom stereocenters. The second-order valence-electron chi connectivity index (χ2n) is 29.8. The fourth-order valence-electron chi connectivity index (χ4n) is 13.6. The second kappa shape index (κ2) is 39.1. The van der Waals surface area contributed by atoms with Gasteiger partial charge in [0, 0.05) is 113 Å². The van der Waals surface area contributed by atoms with E-state index in [0.29, 0.717) is 45.7 Å². The number of Topliss-reactive ketones (excluding diaryl/α,β-unsaturated/α-hetero) is 3. The zero-order chi connectivity index (χ0) is 72.2. The normalized spacial score (nSPS) is 28.7. The van der Waals surface area contributed by atoms with Gasteiger partial charge in [-0.05, 0) is 80.5 Å².